The molecule has 0 unspecified atom stereocenters. The van der Waals surface area contributed by atoms with E-state index in [9.17, 15) is 9.59 Å². The summed E-state index contributed by atoms with van der Waals surface area (Å²) in [4.78, 5) is 25.7. The number of nitrogens with two attached hydrogens (primary N) is 2. The van der Waals surface area contributed by atoms with E-state index in [2.05, 4.69) is 0 Å². The van der Waals surface area contributed by atoms with Gasteiger partial charge in [-0.15, -0.1) is 12.4 Å². The fourth-order valence-electron chi connectivity index (χ4n) is 1.96. The normalized spacial score (nSPS) is 19.8. The Labute approximate surface area is 131 Å². The van der Waals surface area contributed by atoms with E-state index < -0.39 is 0 Å². The lowest BCUT2D eigenvalue weighted by Crippen LogP contribution is -2.41. The Hall–Kier alpha value is -0.930. The molecule has 0 aromatic rings. The first-order valence-corrected chi connectivity index (χ1v) is 6.74. The van der Waals surface area contributed by atoms with Crippen molar-refractivity contribution in [2.24, 2.45) is 11.5 Å². The molecule has 0 aliphatic carbocycles. The molecule has 1 aliphatic rings. The number of ether oxygens (including phenoxy) is 2. The predicted octanol–water partition coefficient (Wildman–Crippen LogP) is -1.97. The molecule has 1 fully saturated rings. The molecular weight excluding hydrogens is 300 g/mol. The third-order valence-electron chi connectivity index (χ3n) is 2.97. The maximum atomic E-state index is 10.9. The number of rotatable bonds is 4. The lowest BCUT2D eigenvalue weighted by Gasteiger charge is -2.24. The van der Waals surface area contributed by atoms with Gasteiger partial charge in [-0.3, -0.25) is 19.4 Å². The molecule has 0 atom stereocenters. The monoisotopic (exact) mass is 324 g/mol. The van der Waals surface area contributed by atoms with Gasteiger partial charge >= 0.3 is 0 Å². The maximum Gasteiger partial charge on any atom is 0.231 e. The average molecular weight is 325 g/mol. The molecule has 0 aromatic heterocycles. The highest BCUT2D eigenvalue weighted by molar-refractivity contribution is 5.85. The van der Waals surface area contributed by atoms with E-state index in [-0.39, 0.29) is 37.3 Å². The van der Waals surface area contributed by atoms with Crippen LogP contribution in [0.25, 0.3) is 0 Å². The van der Waals surface area contributed by atoms with Crippen molar-refractivity contribution in [3.63, 3.8) is 0 Å². The van der Waals surface area contributed by atoms with Crippen molar-refractivity contribution in [2.45, 2.75) is 0 Å². The van der Waals surface area contributed by atoms with Crippen LogP contribution in [-0.4, -0.2) is 87.3 Å². The maximum absolute atomic E-state index is 10.9. The van der Waals surface area contributed by atoms with Gasteiger partial charge in [0.15, 0.2) is 0 Å². The second kappa shape index (κ2) is 11.7. The number of amides is 2. The molecule has 8 nitrogen and oxygen atoms in total. The smallest absolute Gasteiger partial charge is 0.231 e. The zero-order chi connectivity index (χ0) is 14.8. The van der Waals surface area contributed by atoms with Crippen LogP contribution in [-0.2, 0) is 19.1 Å². The SMILES string of the molecule is Cl.NC(=O)CN1CCOCCN(CC(N)=O)CCOCC1. The molecular formula is C12H25ClN4O4. The minimum atomic E-state index is -0.357. The summed E-state index contributed by atoms with van der Waals surface area (Å²) in [6, 6.07) is 0. The van der Waals surface area contributed by atoms with Crippen LogP contribution >= 0.6 is 12.4 Å². The van der Waals surface area contributed by atoms with Crippen LogP contribution in [0.4, 0.5) is 0 Å². The van der Waals surface area contributed by atoms with E-state index in [1.807, 2.05) is 9.80 Å². The average Bonchev–Trinajstić information content (AvgIpc) is 2.33. The van der Waals surface area contributed by atoms with Gasteiger partial charge in [0, 0.05) is 26.2 Å². The third-order valence-corrected chi connectivity index (χ3v) is 2.97. The lowest BCUT2D eigenvalue weighted by atomic mass is 10.4. The first kappa shape index (κ1) is 20.1. The molecule has 0 saturated carbocycles. The third kappa shape index (κ3) is 10.4. The van der Waals surface area contributed by atoms with Gasteiger partial charge < -0.3 is 20.9 Å². The Morgan fingerprint density at radius 2 is 1.05 bits per heavy atom. The Morgan fingerprint density at radius 1 is 0.762 bits per heavy atom. The quantitative estimate of drug-likeness (QED) is 0.620. The van der Waals surface area contributed by atoms with Crippen LogP contribution in [0.1, 0.15) is 0 Å². The predicted molar refractivity (Wildman–Crippen MR) is 80.2 cm³/mol. The molecule has 1 heterocycles. The van der Waals surface area contributed by atoms with Gasteiger partial charge in [0.25, 0.3) is 0 Å². The van der Waals surface area contributed by atoms with Gasteiger partial charge in [0.1, 0.15) is 0 Å². The van der Waals surface area contributed by atoms with Crippen LogP contribution in [0.2, 0.25) is 0 Å². The van der Waals surface area contributed by atoms with Gasteiger partial charge in [-0.25, -0.2) is 0 Å². The molecule has 9 heteroatoms. The van der Waals surface area contributed by atoms with Crippen molar-refractivity contribution in [1.29, 1.82) is 0 Å². The minimum Gasteiger partial charge on any atom is -0.379 e. The molecule has 0 bridgehead atoms. The number of carbonyl (C=O) groups is 2. The van der Waals surface area contributed by atoms with E-state index in [4.69, 9.17) is 20.9 Å². The first-order chi connectivity index (χ1) is 9.58. The zero-order valence-electron chi connectivity index (χ0n) is 12.2. The Morgan fingerprint density at radius 3 is 1.29 bits per heavy atom. The molecule has 124 valence electrons. The van der Waals surface area contributed by atoms with Crippen molar-refractivity contribution in [2.75, 3.05) is 65.7 Å². The first-order valence-electron chi connectivity index (χ1n) is 6.74. The molecule has 1 aliphatic heterocycles. The number of halogens is 1. The number of carbonyl (C=O) groups excluding carboxylic acids is 2. The van der Waals surface area contributed by atoms with Crippen molar-refractivity contribution in [3.05, 3.63) is 0 Å². The fraction of sp³-hybridized carbons (Fsp3) is 0.833. The molecule has 0 radical (unpaired) electrons. The molecule has 2 amide bonds. The Kier molecular flexibility index (Phi) is 11.2. The number of primary amides is 2. The second-order valence-corrected chi connectivity index (χ2v) is 4.71. The van der Waals surface area contributed by atoms with Crippen molar-refractivity contribution < 1.29 is 19.1 Å². The number of nitrogens with zero attached hydrogens (tertiary/aromatic N) is 2. The Bertz CT molecular complexity index is 278. The molecule has 21 heavy (non-hydrogen) atoms. The summed E-state index contributed by atoms with van der Waals surface area (Å²) in [6.07, 6.45) is 0. The van der Waals surface area contributed by atoms with Crippen molar-refractivity contribution >= 4 is 24.2 Å². The van der Waals surface area contributed by atoms with Crippen LogP contribution in [0, 0.1) is 0 Å². The Balaban J connectivity index is 0.00000400. The van der Waals surface area contributed by atoms with Gasteiger partial charge in [0.2, 0.25) is 11.8 Å². The molecule has 0 aromatic carbocycles. The summed E-state index contributed by atoms with van der Waals surface area (Å²) >= 11 is 0. The molecule has 1 saturated heterocycles. The van der Waals surface area contributed by atoms with E-state index in [1.165, 1.54) is 0 Å². The highest BCUT2D eigenvalue weighted by atomic mass is 35.5. The fourth-order valence-corrected chi connectivity index (χ4v) is 1.96. The van der Waals surface area contributed by atoms with Crippen LogP contribution < -0.4 is 11.5 Å². The zero-order valence-corrected chi connectivity index (χ0v) is 13.0. The van der Waals surface area contributed by atoms with E-state index in [0.29, 0.717) is 52.6 Å². The molecule has 0 spiro atoms. The number of hydrogen-bond acceptors (Lipinski definition) is 6. The molecule has 1 rings (SSSR count). The van der Waals surface area contributed by atoms with Gasteiger partial charge in [0.05, 0.1) is 39.5 Å². The summed E-state index contributed by atoms with van der Waals surface area (Å²) in [6.45, 7) is 4.97. The van der Waals surface area contributed by atoms with E-state index in [1.54, 1.807) is 0 Å². The van der Waals surface area contributed by atoms with Crippen molar-refractivity contribution in [3.8, 4) is 0 Å². The van der Waals surface area contributed by atoms with E-state index >= 15 is 0 Å². The van der Waals surface area contributed by atoms with Gasteiger partial charge in [-0.1, -0.05) is 0 Å². The summed E-state index contributed by atoms with van der Waals surface area (Å²) in [5.41, 5.74) is 10.4. The van der Waals surface area contributed by atoms with Crippen LogP contribution in [0.5, 0.6) is 0 Å². The van der Waals surface area contributed by atoms with Crippen molar-refractivity contribution in [1.82, 2.24) is 9.80 Å². The van der Waals surface area contributed by atoms with Gasteiger partial charge in [-0.05, 0) is 0 Å². The number of hydrogen-bond donors (Lipinski definition) is 2. The summed E-state index contributed by atoms with van der Waals surface area (Å²) in [7, 11) is 0. The van der Waals surface area contributed by atoms with Gasteiger partial charge in [-0.2, -0.15) is 0 Å². The highest BCUT2D eigenvalue weighted by Crippen LogP contribution is 1.95. The topological polar surface area (TPSA) is 111 Å². The molecule has 4 N–H and O–H groups in total. The standard InChI is InChI=1S/C12H24N4O4.ClH/c13-11(17)9-15-1-5-19-7-3-16(10-12(14)18)4-8-20-6-2-15;/h1-10H2,(H2,13,17)(H2,14,18);1H. The van der Waals surface area contributed by atoms with E-state index in [0.717, 1.165) is 0 Å². The van der Waals surface area contributed by atoms with Crippen LogP contribution in [0.15, 0.2) is 0 Å². The highest BCUT2D eigenvalue weighted by Gasteiger charge is 2.12. The summed E-state index contributed by atoms with van der Waals surface area (Å²) in [5, 5.41) is 0. The summed E-state index contributed by atoms with van der Waals surface area (Å²) < 4.78 is 11.0. The lowest BCUT2D eigenvalue weighted by molar-refractivity contribution is -0.119. The second-order valence-electron chi connectivity index (χ2n) is 4.71. The summed E-state index contributed by atoms with van der Waals surface area (Å²) in [5.74, 6) is -0.713. The van der Waals surface area contributed by atoms with Crippen LogP contribution in [0.3, 0.4) is 0 Å². The minimum absolute atomic E-state index is 0. The largest absolute Gasteiger partial charge is 0.379 e.